The highest BCUT2D eigenvalue weighted by Crippen LogP contribution is 2.20. The van der Waals surface area contributed by atoms with Gasteiger partial charge < -0.3 is 10.6 Å². The van der Waals surface area contributed by atoms with E-state index in [0.29, 0.717) is 11.0 Å². The Balaban J connectivity index is 1.78. The molecule has 2 N–H and O–H groups in total. The molecule has 0 saturated heterocycles. The summed E-state index contributed by atoms with van der Waals surface area (Å²) in [4.78, 5) is 20.9. The second-order valence-electron chi connectivity index (χ2n) is 5.60. The molecule has 0 aliphatic carbocycles. The molecule has 2 aromatic carbocycles. The minimum absolute atomic E-state index is 0.278. The summed E-state index contributed by atoms with van der Waals surface area (Å²) < 4.78 is 0. The van der Waals surface area contributed by atoms with Crippen LogP contribution in [0.1, 0.15) is 21.6 Å². The normalized spacial score (nSPS) is 10.4. The number of halogens is 1. The lowest BCUT2D eigenvalue weighted by atomic mass is 10.1. The van der Waals surface area contributed by atoms with E-state index < -0.39 is 0 Å². The predicted molar refractivity (Wildman–Crippen MR) is 101 cm³/mol. The van der Waals surface area contributed by atoms with Gasteiger partial charge in [-0.25, -0.2) is 9.97 Å². The molecule has 3 aromatic rings. The molecule has 0 bridgehead atoms. The van der Waals surface area contributed by atoms with Gasteiger partial charge in [-0.1, -0.05) is 29.8 Å². The van der Waals surface area contributed by atoms with Gasteiger partial charge in [0.1, 0.15) is 5.69 Å². The highest BCUT2D eigenvalue weighted by Gasteiger charge is 2.11. The molecule has 0 saturated carbocycles. The van der Waals surface area contributed by atoms with Gasteiger partial charge in [-0.05, 0) is 55.3 Å². The summed E-state index contributed by atoms with van der Waals surface area (Å²) in [5, 5.41) is 6.53. The first kappa shape index (κ1) is 16.9. The summed E-state index contributed by atoms with van der Waals surface area (Å²) in [6.07, 6.45) is 1.54. The topological polar surface area (TPSA) is 66.9 Å². The van der Waals surface area contributed by atoms with Crippen LogP contribution in [0.2, 0.25) is 5.02 Å². The van der Waals surface area contributed by atoms with E-state index in [-0.39, 0.29) is 11.6 Å². The summed E-state index contributed by atoms with van der Waals surface area (Å²) in [5.41, 5.74) is 3.94. The zero-order valence-electron chi connectivity index (χ0n) is 13.9. The average Bonchev–Trinajstić information content (AvgIpc) is 2.59. The monoisotopic (exact) mass is 352 g/mol. The summed E-state index contributed by atoms with van der Waals surface area (Å²) in [7, 11) is 0. The Hall–Kier alpha value is -2.92. The van der Waals surface area contributed by atoms with E-state index in [1.807, 2.05) is 44.2 Å². The Morgan fingerprint density at radius 2 is 1.88 bits per heavy atom. The molecule has 1 amide bonds. The van der Waals surface area contributed by atoms with Gasteiger partial charge in [-0.3, -0.25) is 4.79 Å². The second kappa shape index (κ2) is 7.32. The Bertz CT molecular complexity index is 927. The van der Waals surface area contributed by atoms with Crippen molar-refractivity contribution in [3.63, 3.8) is 0 Å². The zero-order valence-corrected chi connectivity index (χ0v) is 14.6. The van der Waals surface area contributed by atoms with Gasteiger partial charge in [0.2, 0.25) is 5.95 Å². The number of hydrogen-bond acceptors (Lipinski definition) is 4. The number of aromatic nitrogens is 2. The summed E-state index contributed by atoms with van der Waals surface area (Å²) in [5.74, 6) is 0.0427. The summed E-state index contributed by atoms with van der Waals surface area (Å²) >= 11 is 5.97. The Labute approximate surface area is 151 Å². The molecule has 0 radical (unpaired) electrons. The maximum absolute atomic E-state index is 12.5. The molecule has 6 heteroatoms. The molecular formula is C19H17ClN4O. The van der Waals surface area contributed by atoms with Crippen molar-refractivity contribution >= 4 is 34.8 Å². The first-order chi connectivity index (χ1) is 12.0. The third-order valence-electron chi connectivity index (χ3n) is 3.82. The molecule has 0 spiro atoms. The minimum atomic E-state index is -0.287. The van der Waals surface area contributed by atoms with E-state index in [0.717, 1.165) is 22.5 Å². The van der Waals surface area contributed by atoms with Crippen LogP contribution >= 0.6 is 11.6 Å². The van der Waals surface area contributed by atoms with Gasteiger partial charge in [0.15, 0.2) is 0 Å². The number of aryl methyl sites for hydroxylation is 1. The van der Waals surface area contributed by atoms with Crippen LogP contribution in [-0.2, 0) is 0 Å². The molecule has 0 aliphatic rings. The van der Waals surface area contributed by atoms with Crippen LogP contribution in [0.3, 0.4) is 0 Å². The van der Waals surface area contributed by atoms with Crippen molar-refractivity contribution in [2.24, 2.45) is 0 Å². The van der Waals surface area contributed by atoms with E-state index >= 15 is 0 Å². The molecule has 126 valence electrons. The fourth-order valence-corrected chi connectivity index (χ4v) is 2.50. The summed E-state index contributed by atoms with van der Waals surface area (Å²) in [6.45, 7) is 3.97. The van der Waals surface area contributed by atoms with Crippen molar-refractivity contribution < 1.29 is 4.79 Å². The second-order valence-corrected chi connectivity index (χ2v) is 6.04. The molecule has 1 aromatic heterocycles. The highest BCUT2D eigenvalue weighted by molar-refractivity contribution is 6.30. The van der Waals surface area contributed by atoms with Gasteiger partial charge >= 0.3 is 0 Å². The molecule has 0 fully saturated rings. The molecule has 5 nitrogen and oxygen atoms in total. The standard InChI is InChI=1S/C19H17ClN4O/c1-12-5-3-8-16(13(12)2)23-18(25)17-9-10-21-19(24-17)22-15-7-4-6-14(20)11-15/h3-11H,1-2H3,(H,23,25)(H,21,22,24). The van der Waals surface area contributed by atoms with Crippen molar-refractivity contribution in [1.29, 1.82) is 0 Å². The number of benzene rings is 2. The third kappa shape index (κ3) is 4.14. The lowest BCUT2D eigenvalue weighted by Gasteiger charge is -2.10. The molecule has 0 unspecified atom stereocenters. The first-order valence-electron chi connectivity index (χ1n) is 7.76. The van der Waals surface area contributed by atoms with Crippen molar-refractivity contribution in [3.8, 4) is 0 Å². The molecule has 25 heavy (non-hydrogen) atoms. The van der Waals surface area contributed by atoms with Crippen LogP contribution in [0.4, 0.5) is 17.3 Å². The van der Waals surface area contributed by atoms with E-state index in [1.54, 1.807) is 18.2 Å². The van der Waals surface area contributed by atoms with Crippen LogP contribution in [0.5, 0.6) is 0 Å². The predicted octanol–water partition coefficient (Wildman–Crippen LogP) is 4.74. The fraction of sp³-hybridized carbons (Fsp3) is 0.105. The fourth-order valence-electron chi connectivity index (χ4n) is 2.31. The van der Waals surface area contributed by atoms with Gasteiger partial charge in [0.05, 0.1) is 0 Å². The Morgan fingerprint density at radius 3 is 2.68 bits per heavy atom. The molecular weight excluding hydrogens is 336 g/mol. The number of rotatable bonds is 4. The highest BCUT2D eigenvalue weighted by atomic mass is 35.5. The molecule has 1 heterocycles. The van der Waals surface area contributed by atoms with Gasteiger partial charge in [-0.15, -0.1) is 0 Å². The quantitative estimate of drug-likeness (QED) is 0.711. The van der Waals surface area contributed by atoms with Crippen LogP contribution in [0, 0.1) is 13.8 Å². The minimum Gasteiger partial charge on any atom is -0.324 e. The lowest BCUT2D eigenvalue weighted by Crippen LogP contribution is -2.15. The van der Waals surface area contributed by atoms with E-state index in [4.69, 9.17) is 11.6 Å². The van der Waals surface area contributed by atoms with Gasteiger partial charge in [0.25, 0.3) is 5.91 Å². The Morgan fingerprint density at radius 1 is 1.08 bits per heavy atom. The Kier molecular flexibility index (Phi) is 4.95. The summed E-state index contributed by atoms with van der Waals surface area (Å²) in [6, 6.07) is 14.6. The zero-order chi connectivity index (χ0) is 17.8. The van der Waals surface area contributed by atoms with Crippen LogP contribution in [-0.4, -0.2) is 15.9 Å². The largest absolute Gasteiger partial charge is 0.324 e. The van der Waals surface area contributed by atoms with Crippen LogP contribution in [0.25, 0.3) is 0 Å². The number of hydrogen-bond donors (Lipinski definition) is 2. The third-order valence-corrected chi connectivity index (χ3v) is 4.06. The maximum Gasteiger partial charge on any atom is 0.274 e. The van der Waals surface area contributed by atoms with Crippen molar-refractivity contribution in [2.75, 3.05) is 10.6 Å². The first-order valence-corrected chi connectivity index (χ1v) is 8.14. The maximum atomic E-state index is 12.5. The van der Waals surface area contributed by atoms with Crippen molar-refractivity contribution in [1.82, 2.24) is 9.97 Å². The van der Waals surface area contributed by atoms with E-state index in [9.17, 15) is 4.79 Å². The smallest absolute Gasteiger partial charge is 0.274 e. The van der Waals surface area contributed by atoms with Crippen LogP contribution in [0.15, 0.2) is 54.7 Å². The number of carbonyl (C=O) groups excluding carboxylic acids is 1. The lowest BCUT2D eigenvalue weighted by molar-refractivity contribution is 0.102. The van der Waals surface area contributed by atoms with Crippen molar-refractivity contribution in [2.45, 2.75) is 13.8 Å². The van der Waals surface area contributed by atoms with Crippen molar-refractivity contribution in [3.05, 3.63) is 76.6 Å². The van der Waals surface area contributed by atoms with Crippen LogP contribution < -0.4 is 10.6 Å². The molecule has 3 rings (SSSR count). The number of amides is 1. The number of carbonyl (C=O) groups is 1. The molecule has 0 atom stereocenters. The SMILES string of the molecule is Cc1cccc(NC(=O)c2ccnc(Nc3cccc(Cl)c3)n2)c1C. The number of nitrogens with one attached hydrogen (secondary N) is 2. The number of nitrogens with zero attached hydrogens (tertiary/aromatic N) is 2. The van der Waals surface area contributed by atoms with Gasteiger partial charge in [-0.2, -0.15) is 0 Å². The van der Waals surface area contributed by atoms with E-state index in [1.165, 1.54) is 6.20 Å². The average molecular weight is 353 g/mol. The van der Waals surface area contributed by atoms with E-state index in [2.05, 4.69) is 20.6 Å². The molecule has 0 aliphatic heterocycles. The number of anilines is 3. The van der Waals surface area contributed by atoms with Gasteiger partial charge in [0, 0.05) is 22.6 Å².